The molecule has 2 rings (SSSR count). The number of anilines is 1. The van der Waals surface area contributed by atoms with Crippen LogP contribution in [0.1, 0.15) is 11.4 Å². The van der Waals surface area contributed by atoms with E-state index in [0.29, 0.717) is 5.82 Å². The van der Waals surface area contributed by atoms with Crippen molar-refractivity contribution in [2.75, 3.05) is 5.73 Å². The molecule has 2 aromatic rings. The summed E-state index contributed by atoms with van der Waals surface area (Å²) in [4.78, 5) is 8.07. The first-order valence-corrected chi connectivity index (χ1v) is 4.67. The van der Waals surface area contributed by atoms with E-state index in [0.717, 1.165) is 22.6 Å². The molecule has 0 spiro atoms. The van der Waals surface area contributed by atoms with Gasteiger partial charge in [-0.1, -0.05) is 0 Å². The maximum absolute atomic E-state index is 5.62. The van der Waals surface area contributed by atoms with Crippen molar-refractivity contribution in [1.82, 2.24) is 19.7 Å². The lowest BCUT2D eigenvalue weighted by Gasteiger charge is -2.01. The topological polar surface area (TPSA) is 69.6 Å². The van der Waals surface area contributed by atoms with Crippen LogP contribution in [0.25, 0.3) is 11.3 Å². The van der Waals surface area contributed by atoms with E-state index >= 15 is 0 Å². The van der Waals surface area contributed by atoms with Crippen LogP contribution in [0.2, 0.25) is 0 Å². The zero-order valence-electron chi connectivity index (χ0n) is 9.02. The van der Waals surface area contributed by atoms with Crippen LogP contribution in [0, 0.1) is 13.8 Å². The first kappa shape index (κ1) is 9.64. The Bertz CT molecular complexity index is 501. The zero-order valence-corrected chi connectivity index (χ0v) is 9.02. The van der Waals surface area contributed by atoms with E-state index in [1.807, 2.05) is 25.6 Å². The summed E-state index contributed by atoms with van der Waals surface area (Å²) in [6.45, 7) is 3.97. The lowest BCUT2D eigenvalue weighted by molar-refractivity contribution is 0.731. The molecule has 2 heterocycles. The van der Waals surface area contributed by atoms with Gasteiger partial charge in [-0.15, -0.1) is 0 Å². The van der Waals surface area contributed by atoms with Gasteiger partial charge in [-0.05, 0) is 13.8 Å². The predicted molar refractivity (Wildman–Crippen MR) is 58.1 cm³/mol. The number of nitrogen functional groups attached to an aromatic ring is 1. The molecule has 0 aromatic carbocycles. The summed E-state index contributed by atoms with van der Waals surface area (Å²) >= 11 is 0. The molecule has 0 bridgehead atoms. The largest absolute Gasteiger partial charge is 0.384 e. The van der Waals surface area contributed by atoms with Gasteiger partial charge in [0.2, 0.25) is 0 Å². The van der Waals surface area contributed by atoms with Crippen molar-refractivity contribution < 1.29 is 0 Å². The third-order valence-corrected chi connectivity index (χ3v) is 2.45. The third-order valence-electron chi connectivity index (χ3n) is 2.45. The molecular weight excluding hydrogens is 190 g/mol. The van der Waals surface area contributed by atoms with E-state index in [1.54, 1.807) is 6.07 Å². The van der Waals surface area contributed by atoms with Crippen LogP contribution in [-0.2, 0) is 7.05 Å². The van der Waals surface area contributed by atoms with Crippen molar-refractivity contribution in [3.63, 3.8) is 0 Å². The van der Waals surface area contributed by atoms with Crippen molar-refractivity contribution in [2.45, 2.75) is 13.8 Å². The van der Waals surface area contributed by atoms with Crippen molar-refractivity contribution in [1.29, 1.82) is 0 Å². The molecule has 0 unspecified atom stereocenters. The Morgan fingerprint density at radius 1 is 1.27 bits per heavy atom. The van der Waals surface area contributed by atoms with Crippen molar-refractivity contribution in [3.05, 3.63) is 23.8 Å². The second-order valence-corrected chi connectivity index (χ2v) is 3.50. The molecule has 0 aliphatic carbocycles. The summed E-state index contributed by atoms with van der Waals surface area (Å²) in [6, 6.07) is 1.76. The summed E-state index contributed by atoms with van der Waals surface area (Å²) in [5, 5.41) is 4.33. The highest BCUT2D eigenvalue weighted by Gasteiger charge is 2.12. The fraction of sp³-hybridized carbons (Fsp3) is 0.300. The Hall–Kier alpha value is -1.91. The van der Waals surface area contributed by atoms with Gasteiger partial charge in [-0.25, -0.2) is 9.97 Å². The monoisotopic (exact) mass is 203 g/mol. The second kappa shape index (κ2) is 3.34. The standard InChI is InChI=1S/C10H13N5/c1-6-10(7(2)15(3)14-6)8-4-9(11)13-5-12-8/h4-5H,1-3H3,(H2,11,12,13). The van der Waals surface area contributed by atoms with Gasteiger partial charge in [-0.3, -0.25) is 4.68 Å². The molecule has 78 valence electrons. The molecule has 5 heteroatoms. The highest BCUT2D eigenvalue weighted by Crippen LogP contribution is 2.24. The van der Waals surface area contributed by atoms with Gasteiger partial charge in [0.05, 0.1) is 11.4 Å². The third kappa shape index (κ3) is 1.56. The summed E-state index contributed by atoms with van der Waals surface area (Å²) in [5.74, 6) is 0.475. The normalized spacial score (nSPS) is 10.6. The smallest absolute Gasteiger partial charge is 0.127 e. The Morgan fingerprint density at radius 3 is 2.53 bits per heavy atom. The van der Waals surface area contributed by atoms with Crippen LogP contribution in [0.4, 0.5) is 5.82 Å². The van der Waals surface area contributed by atoms with Crippen molar-refractivity contribution in [2.24, 2.45) is 7.05 Å². The van der Waals surface area contributed by atoms with Crippen LogP contribution in [0.5, 0.6) is 0 Å². The summed E-state index contributed by atoms with van der Waals surface area (Å²) < 4.78 is 1.84. The number of nitrogens with two attached hydrogens (primary N) is 1. The SMILES string of the molecule is Cc1nn(C)c(C)c1-c1cc(N)ncn1. The van der Waals surface area contributed by atoms with Gasteiger partial charge < -0.3 is 5.73 Å². The first-order valence-electron chi connectivity index (χ1n) is 4.67. The Balaban J connectivity index is 2.63. The summed E-state index contributed by atoms with van der Waals surface area (Å²) in [7, 11) is 1.91. The van der Waals surface area contributed by atoms with Gasteiger partial charge >= 0.3 is 0 Å². The molecule has 0 saturated carbocycles. The molecule has 5 nitrogen and oxygen atoms in total. The molecule has 0 fully saturated rings. The van der Waals surface area contributed by atoms with Gasteiger partial charge in [0, 0.05) is 24.4 Å². The number of rotatable bonds is 1. The molecule has 0 amide bonds. The lowest BCUT2D eigenvalue weighted by atomic mass is 10.1. The number of aromatic nitrogens is 4. The molecule has 0 saturated heterocycles. The molecular formula is C10H13N5. The van der Waals surface area contributed by atoms with E-state index < -0.39 is 0 Å². The molecule has 0 aliphatic rings. The fourth-order valence-electron chi connectivity index (χ4n) is 1.65. The molecule has 0 aliphatic heterocycles. The average Bonchev–Trinajstić information content (AvgIpc) is 2.41. The van der Waals surface area contributed by atoms with Crippen molar-refractivity contribution in [3.8, 4) is 11.3 Å². The highest BCUT2D eigenvalue weighted by atomic mass is 15.3. The Morgan fingerprint density at radius 2 is 2.00 bits per heavy atom. The van der Waals surface area contributed by atoms with E-state index in [-0.39, 0.29) is 0 Å². The number of hydrogen-bond donors (Lipinski definition) is 1. The fourth-order valence-corrected chi connectivity index (χ4v) is 1.65. The first-order chi connectivity index (χ1) is 7.09. The van der Waals surface area contributed by atoms with Gasteiger partial charge in [0.25, 0.3) is 0 Å². The minimum atomic E-state index is 0.475. The molecule has 2 N–H and O–H groups in total. The zero-order chi connectivity index (χ0) is 11.0. The molecule has 2 aromatic heterocycles. The maximum atomic E-state index is 5.62. The minimum absolute atomic E-state index is 0.475. The van der Waals surface area contributed by atoms with Crippen LogP contribution in [-0.4, -0.2) is 19.7 Å². The molecule has 15 heavy (non-hydrogen) atoms. The molecule has 0 radical (unpaired) electrons. The van der Waals surface area contributed by atoms with Gasteiger partial charge in [0.1, 0.15) is 12.1 Å². The second-order valence-electron chi connectivity index (χ2n) is 3.50. The average molecular weight is 203 g/mol. The van der Waals surface area contributed by atoms with Crippen LogP contribution >= 0.6 is 0 Å². The lowest BCUT2D eigenvalue weighted by Crippen LogP contribution is -1.95. The predicted octanol–water partition coefficient (Wildman–Crippen LogP) is 1.08. The summed E-state index contributed by atoms with van der Waals surface area (Å²) in [5.41, 5.74) is 9.51. The van der Waals surface area contributed by atoms with Gasteiger partial charge in [0.15, 0.2) is 0 Å². The number of nitrogens with zero attached hydrogens (tertiary/aromatic N) is 4. The summed E-state index contributed by atoms with van der Waals surface area (Å²) in [6.07, 6.45) is 1.47. The van der Waals surface area contributed by atoms with Crippen LogP contribution in [0.15, 0.2) is 12.4 Å². The van der Waals surface area contributed by atoms with E-state index in [1.165, 1.54) is 6.33 Å². The Kier molecular flexibility index (Phi) is 2.15. The van der Waals surface area contributed by atoms with E-state index in [4.69, 9.17) is 5.73 Å². The number of aryl methyl sites for hydroxylation is 2. The minimum Gasteiger partial charge on any atom is -0.384 e. The van der Waals surface area contributed by atoms with Crippen molar-refractivity contribution >= 4 is 5.82 Å². The van der Waals surface area contributed by atoms with E-state index in [9.17, 15) is 0 Å². The molecule has 0 atom stereocenters. The van der Waals surface area contributed by atoms with Crippen LogP contribution < -0.4 is 5.73 Å². The number of hydrogen-bond acceptors (Lipinski definition) is 4. The van der Waals surface area contributed by atoms with Gasteiger partial charge in [-0.2, -0.15) is 5.10 Å². The Labute approximate surface area is 88.0 Å². The quantitative estimate of drug-likeness (QED) is 0.752. The highest BCUT2D eigenvalue weighted by molar-refractivity contribution is 5.66. The maximum Gasteiger partial charge on any atom is 0.127 e. The van der Waals surface area contributed by atoms with Crippen LogP contribution in [0.3, 0.4) is 0 Å². The van der Waals surface area contributed by atoms with E-state index in [2.05, 4.69) is 15.1 Å².